The number of ketones is 1. The SMILES string of the molecule is O=C(c1ccncc1)c1cc(Cl)ccc1CS(=O)(=O)c1ccc(Cl)cc1. The molecular formula is C19H13Cl2NO3S. The smallest absolute Gasteiger partial charge is 0.193 e. The zero-order chi connectivity index (χ0) is 18.7. The van der Waals surface area contributed by atoms with Crippen molar-refractivity contribution in [2.24, 2.45) is 0 Å². The van der Waals surface area contributed by atoms with Gasteiger partial charge in [0.15, 0.2) is 15.6 Å². The van der Waals surface area contributed by atoms with Crippen LogP contribution >= 0.6 is 23.2 Å². The van der Waals surface area contributed by atoms with Crippen LogP contribution in [0.2, 0.25) is 10.0 Å². The van der Waals surface area contributed by atoms with E-state index in [1.54, 1.807) is 24.3 Å². The largest absolute Gasteiger partial charge is 0.289 e. The Morgan fingerprint density at radius 2 is 1.50 bits per heavy atom. The predicted molar refractivity (Wildman–Crippen MR) is 101 cm³/mol. The number of halogens is 2. The van der Waals surface area contributed by atoms with Crippen LogP contribution in [0.25, 0.3) is 0 Å². The molecule has 1 heterocycles. The first-order valence-electron chi connectivity index (χ1n) is 7.58. The summed E-state index contributed by atoms with van der Waals surface area (Å²) in [5.74, 6) is -0.631. The molecule has 0 aliphatic heterocycles. The van der Waals surface area contributed by atoms with Crippen molar-refractivity contribution in [3.63, 3.8) is 0 Å². The van der Waals surface area contributed by atoms with Gasteiger partial charge in [0.1, 0.15) is 0 Å². The van der Waals surface area contributed by atoms with Crippen molar-refractivity contribution in [2.45, 2.75) is 10.6 Å². The van der Waals surface area contributed by atoms with Crippen molar-refractivity contribution in [1.82, 2.24) is 4.98 Å². The number of aromatic nitrogens is 1. The van der Waals surface area contributed by atoms with Crippen molar-refractivity contribution in [1.29, 1.82) is 0 Å². The maximum Gasteiger partial charge on any atom is 0.193 e. The molecule has 0 radical (unpaired) electrons. The molecule has 0 amide bonds. The Morgan fingerprint density at radius 3 is 2.15 bits per heavy atom. The molecule has 0 unspecified atom stereocenters. The number of hydrogen-bond donors (Lipinski definition) is 0. The third-order valence-electron chi connectivity index (χ3n) is 3.78. The van der Waals surface area contributed by atoms with E-state index in [-0.39, 0.29) is 22.0 Å². The van der Waals surface area contributed by atoms with Gasteiger partial charge in [0.2, 0.25) is 0 Å². The van der Waals surface area contributed by atoms with Crippen molar-refractivity contribution >= 4 is 38.8 Å². The lowest BCUT2D eigenvalue weighted by Gasteiger charge is -2.11. The molecule has 0 aliphatic carbocycles. The van der Waals surface area contributed by atoms with Gasteiger partial charge in [-0.1, -0.05) is 29.3 Å². The van der Waals surface area contributed by atoms with Crippen LogP contribution in [-0.4, -0.2) is 19.2 Å². The molecule has 26 heavy (non-hydrogen) atoms. The van der Waals surface area contributed by atoms with Crippen LogP contribution in [0.4, 0.5) is 0 Å². The highest BCUT2D eigenvalue weighted by Gasteiger charge is 2.21. The fourth-order valence-electron chi connectivity index (χ4n) is 2.47. The molecule has 3 aromatic rings. The lowest BCUT2D eigenvalue weighted by molar-refractivity contribution is 0.103. The lowest BCUT2D eigenvalue weighted by Crippen LogP contribution is -2.11. The number of carbonyl (C=O) groups excluding carboxylic acids is 1. The Balaban J connectivity index is 2.01. The summed E-state index contributed by atoms with van der Waals surface area (Å²) in [6.07, 6.45) is 3.00. The zero-order valence-electron chi connectivity index (χ0n) is 13.4. The summed E-state index contributed by atoms with van der Waals surface area (Å²) >= 11 is 11.8. The predicted octanol–water partition coefficient (Wildman–Crippen LogP) is 4.59. The van der Waals surface area contributed by atoms with Crippen molar-refractivity contribution in [3.8, 4) is 0 Å². The molecule has 132 valence electrons. The summed E-state index contributed by atoms with van der Waals surface area (Å²) in [5.41, 5.74) is 1.04. The molecule has 0 fully saturated rings. The van der Waals surface area contributed by atoms with Crippen molar-refractivity contribution < 1.29 is 13.2 Å². The fraction of sp³-hybridized carbons (Fsp3) is 0.0526. The number of benzene rings is 2. The quantitative estimate of drug-likeness (QED) is 0.582. The topological polar surface area (TPSA) is 64.1 Å². The average Bonchev–Trinajstić information content (AvgIpc) is 2.63. The van der Waals surface area contributed by atoms with E-state index < -0.39 is 9.84 Å². The molecule has 0 saturated carbocycles. The van der Waals surface area contributed by atoms with Gasteiger partial charge >= 0.3 is 0 Å². The summed E-state index contributed by atoms with van der Waals surface area (Å²) in [6.45, 7) is 0. The summed E-state index contributed by atoms with van der Waals surface area (Å²) in [6, 6.07) is 13.7. The third-order valence-corrected chi connectivity index (χ3v) is 5.95. The Morgan fingerprint density at radius 1 is 0.885 bits per heavy atom. The van der Waals surface area contributed by atoms with E-state index in [0.717, 1.165) is 0 Å². The molecule has 1 aromatic heterocycles. The number of pyridine rings is 1. The fourth-order valence-corrected chi connectivity index (χ4v) is 4.15. The third kappa shape index (κ3) is 4.12. The molecule has 0 spiro atoms. The first-order chi connectivity index (χ1) is 12.4. The highest BCUT2D eigenvalue weighted by molar-refractivity contribution is 7.90. The second kappa shape index (κ2) is 7.58. The Kier molecular flexibility index (Phi) is 5.41. The van der Waals surface area contributed by atoms with E-state index in [9.17, 15) is 13.2 Å². The summed E-state index contributed by atoms with van der Waals surface area (Å²) < 4.78 is 25.4. The number of rotatable bonds is 5. The van der Waals surface area contributed by atoms with Crippen molar-refractivity contribution in [2.75, 3.05) is 0 Å². The minimum atomic E-state index is -3.65. The highest BCUT2D eigenvalue weighted by atomic mass is 35.5. The molecule has 0 N–H and O–H groups in total. The lowest BCUT2D eigenvalue weighted by atomic mass is 10.00. The van der Waals surface area contributed by atoms with Gasteiger partial charge < -0.3 is 0 Å². The minimum Gasteiger partial charge on any atom is -0.289 e. The monoisotopic (exact) mass is 405 g/mol. The summed E-state index contributed by atoms with van der Waals surface area (Å²) in [5, 5.41) is 0.805. The summed E-state index contributed by atoms with van der Waals surface area (Å²) in [7, 11) is -3.65. The van der Waals surface area contributed by atoms with Gasteiger partial charge in [0.25, 0.3) is 0 Å². The first-order valence-corrected chi connectivity index (χ1v) is 9.99. The second-order valence-electron chi connectivity index (χ2n) is 5.58. The van der Waals surface area contributed by atoms with Gasteiger partial charge in [-0.25, -0.2) is 8.42 Å². The standard InChI is InChI=1S/C19H13Cl2NO3S/c20-15-3-5-17(6-4-15)26(24,25)12-14-1-2-16(21)11-18(14)19(23)13-7-9-22-10-8-13/h1-11H,12H2. The van der Waals surface area contributed by atoms with Gasteiger partial charge in [-0.15, -0.1) is 0 Å². The van der Waals surface area contributed by atoms with E-state index in [0.29, 0.717) is 21.2 Å². The minimum absolute atomic E-state index is 0.138. The van der Waals surface area contributed by atoms with Crippen LogP contribution in [0.3, 0.4) is 0 Å². The van der Waals surface area contributed by atoms with E-state index in [1.807, 2.05) is 0 Å². The van der Waals surface area contributed by atoms with Crippen molar-refractivity contribution in [3.05, 3.63) is 93.7 Å². The Labute approximate surface area is 161 Å². The average molecular weight is 406 g/mol. The van der Waals surface area contributed by atoms with E-state index in [2.05, 4.69) is 4.98 Å². The van der Waals surface area contributed by atoms with Gasteiger partial charge in [-0.2, -0.15) is 0 Å². The van der Waals surface area contributed by atoms with Crippen LogP contribution in [0.1, 0.15) is 21.5 Å². The number of sulfone groups is 1. The Bertz CT molecular complexity index is 1050. The maximum atomic E-state index is 12.8. The van der Waals surface area contributed by atoms with Gasteiger partial charge in [-0.05, 0) is 54.1 Å². The molecule has 0 bridgehead atoms. The van der Waals surface area contributed by atoms with Crippen LogP contribution < -0.4 is 0 Å². The van der Waals surface area contributed by atoms with Crippen LogP contribution in [0.15, 0.2) is 71.9 Å². The number of nitrogens with zero attached hydrogens (tertiary/aromatic N) is 1. The van der Waals surface area contributed by atoms with Gasteiger partial charge in [-0.3, -0.25) is 9.78 Å². The van der Waals surface area contributed by atoms with Gasteiger partial charge in [0, 0.05) is 33.6 Å². The van der Waals surface area contributed by atoms with E-state index >= 15 is 0 Å². The van der Waals surface area contributed by atoms with Crippen LogP contribution in [0, 0.1) is 0 Å². The summed E-state index contributed by atoms with van der Waals surface area (Å²) in [4.78, 5) is 16.8. The van der Waals surface area contributed by atoms with E-state index in [1.165, 1.54) is 42.7 Å². The van der Waals surface area contributed by atoms with Crippen LogP contribution in [0.5, 0.6) is 0 Å². The maximum absolute atomic E-state index is 12.8. The zero-order valence-corrected chi connectivity index (χ0v) is 15.7. The number of hydrogen-bond acceptors (Lipinski definition) is 4. The Hall–Kier alpha value is -2.21. The number of carbonyl (C=O) groups is 1. The van der Waals surface area contributed by atoms with Gasteiger partial charge in [0.05, 0.1) is 10.6 Å². The molecule has 0 atom stereocenters. The van der Waals surface area contributed by atoms with Crippen LogP contribution in [-0.2, 0) is 15.6 Å². The normalized spacial score (nSPS) is 11.3. The van der Waals surface area contributed by atoms with E-state index in [4.69, 9.17) is 23.2 Å². The molecule has 0 saturated heterocycles. The molecule has 2 aromatic carbocycles. The second-order valence-corrected chi connectivity index (χ2v) is 8.44. The molecule has 7 heteroatoms. The molecular weight excluding hydrogens is 393 g/mol. The molecule has 3 rings (SSSR count). The molecule has 4 nitrogen and oxygen atoms in total. The highest BCUT2D eigenvalue weighted by Crippen LogP contribution is 2.24. The molecule has 0 aliphatic rings. The first kappa shape index (κ1) is 18.6.